The molecule has 2 rings (SSSR count). The van der Waals surface area contributed by atoms with E-state index in [4.69, 9.17) is 10.00 Å². The van der Waals surface area contributed by atoms with Gasteiger partial charge in [-0.1, -0.05) is 12.5 Å². The van der Waals surface area contributed by atoms with Crippen molar-refractivity contribution in [2.75, 3.05) is 19.7 Å². The first-order valence-corrected chi connectivity index (χ1v) is 7.39. The highest BCUT2D eigenvalue weighted by molar-refractivity contribution is 5.36. The lowest BCUT2D eigenvalue weighted by Crippen LogP contribution is -2.35. The van der Waals surface area contributed by atoms with Crippen molar-refractivity contribution in [1.82, 2.24) is 5.32 Å². The van der Waals surface area contributed by atoms with Gasteiger partial charge in [0.05, 0.1) is 17.7 Å². The van der Waals surface area contributed by atoms with Crippen LogP contribution in [0.3, 0.4) is 0 Å². The highest BCUT2D eigenvalue weighted by Crippen LogP contribution is 2.24. The average Bonchev–Trinajstić information content (AvgIpc) is 2.91. The largest absolute Gasteiger partial charge is 0.491 e. The molecule has 0 aromatic heterocycles. The molecule has 0 amide bonds. The minimum Gasteiger partial charge on any atom is -0.491 e. The third-order valence-electron chi connectivity index (χ3n) is 3.81. The van der Waals surface area contributed by atoms with E-state index >= 15 is 0 Å². The molecule has 1 saturated carbocycles. The summed E-state index contributed by atoms with van der Waals surface area (Å²) in [5, 5.41) is 31.5. The molecule has 1 aliphatic rings. The lowest BCUT2D eigenvalue weighted by atomic mass is 10.1. The number of rotatable bonds is 7. The van der Waals surface area contributed by atoms with Gasteiger partial charge in [0.25, 0.3) is 0 Å². The summed E-state index contributed by atoms with van der Waals surface area (Å²) >= 11 is 0. The van der Waals surface area contributed by atoms with Crippen molar-refractivity contribution in [3.63, 3.8) is 0 Å². The van der Waals surface area contributed by atoms with Crippen LogP contribution in [0.5, 0.6) is 5.75 Å². The van der Waals surface area contributed by atoms with E-state index in [1.54, 1.807) is 24.3 Å². The van der Waals surface area contributed by atoms with Crippen molar-refractivity contribution in [3.05, 3.63) is 29.8 Å². The van der Waals surface area contributed by atoms with Gasteiger partial charge in [-0.05, 0) is 37.0 Å². The third-order valence-corrected chi connectivity index (χ3v) is 3.81. The summed E-state index contributed by atoms with van der Waals surface area (Å²) in [7, 11) is 0. The van der Waals surface area contributed by atoms with E-state index in [0.717, 1.165) is 25.8 Å². The topological polar surface area (TPSA) is 85.5 Å². The number of benzene rings is 1. The fourth-order valence-corrected chi connectivity index (χ4v) is 2.60. The molecule has 5 heteroatoms. The van der Waals surface area contributed by atoms with Gasteiger partial charge in [-0.3, -0.25) is 0 Å². The van der Waals surface area contributed by atoms with Gasteiger partial charge in [-0.15, -0.1) is 0 Å². The molecule has 0 radical (unpaired) electrons. The molecule has 1 fully saturated rings. The predicted octanol–water partition coefficient (Wildman–Crippen LogP) is 1.05. The molecular weight excluding hydrogens is 268 g/mol. The number of aliphatic hydroxyl groups excluding tert-OH is 2. The summed E-state index contributed by atoms with van der Waals surface area (Å²) in [4.78, 5) is 0. The van der Waals surface area contributed by atoms with E-state index in [9.17, 15) is 10.2 Å². The summed E-state index contributed by atoms with van der Waals surface area (Å²) < 4.78 is 5.46. The Balaban J connectivity index is 1.65. The Bertz CT molecular complexity index is 487. The van der Waals surface area contributed by atoms with Crippen LogP contribution in [0.25, 0.3) is 0 Å². The number of hydrogen-bond acceptors (Lipinski definition) is 5. The summed E-state index contributed by atoms with van der Waals surface area (Å²) in [6.45, 7) is 1.33. The van der Waals surface area contributed by atoms with E-state index in [1.165, 1.54) is 0 Å². The Morgan fingerprint density at radius 2 is 2.29 bits per heavy atom. The summed E-state index contributed by atoms with van der Waals surface area (Å²) in [5.41, 5.74) is 0.537. The lowest BCUT2D eigenvalue weighted by molar-refractivity contribution is 0.0981. The van der Waals surface area contributed by atoms with Crippen LogP contribution >= 0.6 is 0 Å². The normalized spacial score (nSPS) is 22.7. The number of nitrogens with one attached hydrogen (secondary N) is 1. The van der Waals surface area contributed by atoms with Crippen molar-refractivity contribution in [2.24, 2.45) is 5.92 Å². The van der Waals surface area contributed by atoms with Gasteiger partial charge < -0.3 is 20.3 Å². The van der Waals surface area contributed by atoms with Gasteiger partial charge in [-0.2, -0.15) is 5.26 Å². The van der Waals surface area contributed by atoms with E-state index in [2.05, 4.69) is 5.32 Å². The summed E-state index contributed by atoms with van der Waals surface area (Å²) in [5.74, 6) is 0.879. The molecule has 114 valence electrons. The molecule has 0 bridgehead atoms. The first-order chi connectivity index (χ1) is 10.2. The molecule has 21 heavy (non-hydrogen) atoms. The zero-order chi connectivity index (χ0) is 15.1. The van der Waals surface area contributed by atoms with Crippen molar-refractivity contribution in [3.8, 4) is 11.8 Å². The van der Waals surface area contributed by atoms with Gasteiger partial charge in [0.15, 0.2) is 0 Å². The minimum atomic E-state index is -0.616. The van der Waals surface area contributed by atoms with Crippen LogP contribution in [0.15, 0.2) is 24.3 Å². The molecule has 0 spiro atoms. The van der Waals surface area contributed by atoms with Crippen LogP contribution < -0.4 is 10.1 Å². The molecular formula is C16H22N2O3. The molecule has 0 saturated heterocycles. The van der Waals surface area contributed by atoms with Gasteiger partial charge in [0, 0.05) is 13.1 Å². The second-order valence-electron chi connectivity index (χ2n) is 5.52. The molecule has 3 unspecified atom stereocenters. The number of nitriles is 1. The monoisotopic (exact) mass is 290 g/mol. The highest BCUT2D eigenvalue weighted by Gasteiger charge is 2.24. The van der Waals surface area contributed by atoms with Crippen molar-refractivity contribution < 1.29 is 14.9 Å². The van der Waals surface area contributed by atoms with Gasteiger partial charge in [0.1, 0.15) is 18.5 Å². The van der Waals surface area contributed by atoms with Crippen LogP contribution in [0, 0.1) is 17.2 Å². The zero-order valence-corrected chi connectivity index (χ0v) is 12.0. The Morgan fingerprint density at radius 3 is 3.00 bits per heavy atom. The quantitative estimate of drug-likeness (QED) is 0.699. The van der Waals surface area contributed by atoms with Gasteiger partial charge >= 0.3 is 0 Å². The number of nitrogens with zero attached hydrogens (tertiary/aromatic N) is 1. The van der Waals surface area contributed by atoms with Gasteiger partial charge in [0.2, 0.25) is 0 Å². The fourth-order valence-electron chi connectivity index (χ4n) is 2.60. The number of hydrogen-bond donors (Lipinski definition) is 3. The van der Waals surface area contributed by atoms with Crippen molar-refractivity contribution >= 4 is 0 Å². The Labute approximate surface area is 125 Å². The molecule has 1 aliphatic carbocycles. The van der Waals surface area contributed by atoms with E-state index < -0.39 is 6.10 Å². The predicted molar refractivity (Wildman–Crippen MR) is 78.9 cm³/mol. The molecule has 0 heterocycles. The standard InChI is InChI=1S/C16H22N2O3/c17-8-12-3-1-5-15(7-12)21-11-14(19)10-18-9-13-4-2-6-16(13)20/h1,3,5,7,13-14,16,18-20H,2,4,6,9-11H2. The Morgan fingerprint density at radius 1 is 1.43 bits per heavy atom. The maximum Gasteiger partial charge on any atom is 0.120 e. The van der Waals surface area contributed by atoms with Crippen molar-refractivity contribution in [1.29, 1.82) is 5.26 Å². The number of ether oxygens (including phenoxy) is 1. The third kappa shape index (κ3) is 5.01. The summed E-state index contributed by atoms with van der Waals surface area (Å²) in [6.07, 6.45) is 2.18. The molecule has 1 aromatic rings. The SMILES string of the molecule is N#Cc1cccc(OCC(O)CNCC2CCCC2O)c1. The molecule has 3 N–H and O–H groups in total. The van der Waals surface area contributed by atoms with E-state index in [0.29, 0.717) is 23.8 Å². The van der Waals surface area contributed by atoms with Crippen molar-refractivity contribution in [2.45, 2.75) is 31.5 Å². The number of aliphatic hydroxyl groups is 2. The second kappa shape index (κ2) is 7.99. The van der Waals surface area contributed by atoms with E-state index in [-0.39, 0.29) is 12.7 Å². The Hall–Kier alpha value is -1.61. The maximum atomic E-state index is 9.86. The molecule has 0 aliphatic heterocycles. The summed E-state index contributed by atoms with van der Waals surface area (Å²) in [6, 6.07) is 8.91. The first kappa shape index (κ1) is 15.8. The zero-order valence-electron chi connectivity index (χ0n) is 12.0. The smallest absolute Gasteiger partial charge is 0.120 e. The molecule has 5 nitrogen and oxygen atoms in total. The lowest BCUT2D eigenvalue weighted by Gasteiger charge is -2.17. The minimum absolute atomic E-state index is 0.176. The maximum absolute atomic E-state index is 9.86. The van der Waals surface area contributed by atoms with Crippen LogP contribution in [-0.2, 0) is 0 Å². The van der Waals surface area contributed by atoms with Crippen LogP contribution in [-0.4, -0.2) is 42.1 Å². The fraction of sp³-hybridized carbons (Fsp3) is 0.562. The van der Waals surface area contributed by atoms with Crippen LogP contribution in [0.2, 0.25) is 0 Å². The average molecular weight is 290 g/mol. The first-order valence-electron chi connectivity index (χ1n) is 7.39. The second-order valence-corrected chi connectivity index (χ2v) is 5.52. The molecule has 1 aromatic carbocycles. The van der Waals surface area contributed by atoms with Crippen LogP contribution in [0.4, 0.5) is 0 Å². The van der Waals surface area contributed by atoms with E-state index in [1.807, 2.05) is 6.07 Å². The molecule has 3 atom stereocenters. The van der Waals surface area contributed by atoms with Gasteiger partial charge in [-0.25, -0.2) is 0 Å². The van der Waals surface area contributed by atoms with Crippen LogP contribution in [0.1, 0.15) is 24.8 Å². The Kier molecular flexibility index (Phi) is 6.00. The highest BCUT2D eigenvalue weighted by atomic mass is 16.5.